The molecule has 0 atom stereocenters. The molecular formula is C16H20N4O2. The number of para-hydroxylation sites is 2. The van der Waals surface area contributed by atoms with E-state index in [-0.39, 0.29) is 25.3 Å². The molecule has 0 heterocycles. The molecule has 0 spiro atoms. The number of rotatable bonds is 9. The highest BCUT2D eigenvalue weighted by Gasteiger charge is 2.13. The maximum atomic E-state index is 12.2. The molecule has 116 valence electrons. The molecule has 0 saturated carbocycles. The molecule has 6 heteroatoms. The number of carbonyl (C=O) groups is 1. The second-order valence-electron chi connectivity index (χ2n) is 4.48. The average molecular weight is 300 g/mol. The van der Waals surface area contributed by atoms with Gasteiger partial charge in [-0.3, -0.25) is 4.79 Å². The highest BCUT2D eigenvalue weighted by molar-refractivity contribution is 5.81. The molecule has 0 bridgehead atoms. The van der Waals surface area contributed by atoms with Crippen molar-refractivity contribution in [1.82, 2.24) is 4.90 Å². The van der Waals surface area contributed by atoms with Crippen LogP contribution in [0.3, 0.4) is 0 Å². The number of carbonyl (C=O) groups excluding carboxylic acids is 1. The van der Waals surface area contributed by atoms with E-state index in [1.54, 1.807) is 0 Å². The Morgan fingerprint density at radius 3 is 2.45 bits per heavy atom. The third kappa shape index (κ3) is 5.72. The van der Waals surface area contributed by atoms with Gasteiger partial charge in [0.15, 0.2) is 0 Å². The molecule has 0 aliphatic heterocycles. The number of hydrogen-bond acceptors (Lipinski definition) is 5. The lowest BCUT2D eigenvalue weighted by atomic mass is 10.3. The summed E-state index contributed by atoms with van der Waals surface area (Å²) in [7, 11) is 0. The lowest BCUT2D eigenvalue weighted by Crippen LogP contribution is -2.37. The molecule has 0 fully saturated rings. The largest absolute Gasteiger partial charge is 0.492 e. The van der Waals surface area contributed by atoms with Crippen LogP contribution in [-0.4, -0.2) is 37.0 Å². The van der Waals surface area contributed by atoms with Crippen LogP contribution in [0.1, 0.15) is 19.8 Å². The van der Waals surface area contributed by atoms with E-state index in [0.717, 1.165) is 5.69 Å². The van der Waals surface area contributed by atoms with Crippen molar-refractivity contribution in [2.75, 3.05) is 31.6 Å². The minimum Gasteiger partial charge on any atom is -0.492 e. The zero-order valence-corrected chi connectivity index (χ0v) is 12.7. The van der Waals surface area contributed by atoms with Gasteiger partial charge in [0.2, 0.25) is 5.91 Å². The van der Waals surface area contributed by atoms with E-state index in [9.17, 15) is 4.79 Å². The molecule has 0 saturated heterocycles. The third-order valence-corrected chi connectivity index (χ3v) is 2.96. The first-order chi connectivity index (χ1) is 10.7. The lowest BCUT2D eigenvalue weighted by molar-refractivity contribution is -0.129. The van der Waals surface area contributed by atoms with Gasteiger partial charge in [-0.05, 0) is 19.1 Å². The number of nitrogens with one attached hydrogen (secondary N) is 1. The topological polar surface area (TPSA) is 89.2 Å². The van der Waals surface area contributed by atoms with Crippen molar-refractivity contribution in [1.29, 1.82) is 10.5 Å². The zero-order chi connectivity index (χ0) is 16.2. The standard InChI is InChI=1S/C16H20N4O2/c1-2-22-15-8-4-3-7-14(15)19-13-16(21)20(11-5-9-17)12-6-10-18/h3-4,7-8,19H,2,5-6,11-13H2,1H3. The molecule has 22 heavy (non-hydrogen) atoms. The van der Waals surface area contributed by atoms with Crippen LogP contribution in [0.15, 0.2) is 24.3 Å². The molecule has 0 unspecified atom stereocenters. The van der Waals surface area contributed by atoms with Gasteiger partial charge < -0.3 is 15.0 Å². The smallest absolute Gasteiger partial charge is 0.241 e. The van der Waals surface area contributed by atoms with Crippen LogP contribution >= 0.6 is 0 Å². The summed E-state index contributed by atoms with van der Waals surface area (Å²) in [5.41, 5.74) is 0.748. The second-order valence-corrected chi connectivity index (χ2v) is 4.48. The van der Waals surface area contributed by atoms with E-state index in [1.807, 2.05) is 43.3 Å². The Hall–Kier alpha value is -2.73. The summed E-state index contributed by atoms with van der Waals surface area (Å²) in [4.78, 5) is 13.7. The summed E-state index contributed by atoms with van der Waals surface area (Å²) in [6.45, 7) is 3.22. The van der Waals surface area contributed by atoms with Crippen molar-refractivity contribution in [2.45, 2.75) is 19.8 Å². The van der Waals surface area contributed by atoms with Crippen LogP contribution in [0, 0.1) is 22.7 Å². The number of benzene rings is 1. The summed E-state index contributed by atoms with van der Waals surface area (Å²) in [5, 5.41) is 20.3. The fraction of sp³-hybridized carbons (Fsp3) is 0.438. The first kappa shape index (κ1) is 17.3. The number of amides is 1. The Bertz CT molecular complexity index is 542. The van der Waals surface area contributed by atoms with E-state index < -0.39 is 0 Å². The highest BCUT2D eigenvalue weighted by Crippen LogP contribution is 2.23. The van der Waals surface area contributed by atoms with Crippen LogP contribution < -0.4 is 10.1 Å². The molecular weight excluding hydrogens is 280 g/mol. The molecule has 1 rings (SSSR count). The molecule has 0 aliphatic carbocycles. The molecule has 1 amide bonds. The number of nitrogens with zero attached hydrogens (tertiary/aromatic N) is 3. The fourth-order valence-electron chi connectivity index (χ4n) is 1.91. The predicted octanol–water partition coefficient (Wildman–Crippen LogP) is 2.15. The summed E-state index contributed by atoms with van der Waals surface area (Å²) < 4.78 is 5.49. The van der Waals surface area contributed by atoms with Crippen LogP contribution in [0.5, 0.6) is 5.75 Å². The van der Waals surface area contributed by atoms with Crippen molar-refractivity contribution >= 4 is 11.6 Å². The van der Waals surface area contributed by atoms with Crippen molar-refractivity contribution < 1.29 is 9.53 Å². The van der Waals surface area contributed by atoms with E-state index >= 15 is 0 Å². The summed E-state index contributed by atoms with van der Waals surface area (Å²) in [5.74, 6) is 0.551. The number of anilines is 1. The summed E-state index contributed by atoms with van der Waals surface area (Å²) >= 11 is 0. The molecule has 0 radical (unpaired) electrons. The zero-order valence-electron chi connectivity index (χ0n) is 12.7. The van der Waals surface area contributed by atoms with Crippen LogP contribution in [0.4, 0.5) is 5.69 Å². The van der Waals surface area contributed by atoms with Gasteiger partial charge in [-0.25, -0.2) is 0 Å². The van der Waals surface area contributed by atoms with Gasteiger partial charge >= 0.3 is 0 Å². The maximum Gasteiger partial charge on any atom is 0.241 e. The van der Waals surface area contributed by atoms with Gasteiger partial charge in [-0.15, -0.1) is 0 Å². The van der Waals surface area contributed by atoms with Gasteiger partial charge in [0.05, 0.1) is 43.8 Å². The molecule has 1 aromatic carbocycles. The molecule has 0 aromatic heterocycles. The van der Waals surface area contributed by atoms with E-state index in [4.69, 9.17) is 15.3 Å². The lowest BCUT2D eigenvalue weighted by Gasteiger charge is -2.21. The number of nitriles is 2. The Labute approximate surface area is 130 Å². The quantitative estimate of drug-likeness (QED) is 0.754. The van der Waals surface area contributed by atoms with Crippen molar-refractivity contribution in [2.24, 2.45) is 0 Å². The van der Waals surface area contributed by atoms with Crippen molar-refractivity contribution in [3.63, 3.8) is 0 Å². The Kier molecular flexibility index (Phi) is 7.92. The van der Waals surface area contributed by atoms with Gasteiger partial charge in [-0.1, -0.05) is 12.1 Å². The second kappa shape index (κ2) is 10.1. The molecule has 0 aliphatic rings. The highest BCUT2D eigenvalue weighted by atomic mass is 16.5. The molecule has 1 aromatic rings. The van der Waals surface area contributed by atoms with Gasteiger partial charge in [0, 0.05) is 13.1 Å². The molecule has 6 nitrogen and oxygen atoms in total. The summed E-state index contributed by atoms with van der Waals surface area (Å²) in [6, 6.07) is 11.4. The van der Waals surface area contributed by atoms with Crippen LogP contribution in [0.2, 0.25) is 0 Å². The monoisotopic (exact) mass is 300 g/mol. The third-order valence-electron chi connectivity index (χ3n) is 2.96. The predicted molar refractivity (Wildman–Crippen MR) is 83.1 cm³/mol. The first-order valence-electron chi connectivity index (χ1n) is 7.20. The van der Waals surface area contributed by atoms with Crippen molar-refractivity contribution in [3.8, 4) is 17.9 Å². The Morgan fingerprint density at radius 2 is 1.86 bits per heavy atom. The normalized spacial score (nSPS) is 9.41. The fourth-order valence-corrected chi connectivity index (χ4v) is 1.91. The molecule has 1 N–H and O–H groups in total. The first-order valence-corrected chi connectivity index (χ1v) is 7.20. The Balaban J connectivity index is 2.62. The van der Waals surface area contributed by atoms with Gasteiger partial charge in [0.1, 0.15) is 5.75 Å². The van der Waals surface area contributed by atoms with Crippen LogP contribution in [0.25, 0.3) is 0 Å². The number of ether oxygens (including phenoxy) is 1. The van der Waals surface area contributed by atoms with E-state index in [0.29, 0.717) is 25.4 Å². The van der Waals surface area contributed by atoms with Gasteiger partial charge in [-0.2, -0.15) is 10.5 Å². The number of hydrogen-bond donors (Lipinski definition) is 1. The SMILES string of the molecule is CCOc1ccccc1NCC(=O)N(CCC#N)CCC#N. The van der Waals surface area contributed by atoms with E-state index in [1.165, 1.54) is 4.90 Å². The van der Waals surface area contributed by atoms with Crippen LogP contribution in [-0.2, 0) is 4.79 Å². The maximum absolute atomic E-state index is 12.2. The minimum absolute atomic E-state index is 0.0982. The average Bonchev–Trinajstić information content (AvgIpc) is 2.54. The minimum atomic E-state index is -0.142. The Morgan fingerprint density at radius 1 is 1.23 bits per heavy atom. The summed E-state index contributed by atoms with van der Waals surface area (Å²) in [6.07, 6.45) is 0.513. The van der Waals surface area contributed by atoms with Crippen molar-refractivity contribution in [3.05, 3.63) is 24.3 Å². The van der Waals surface area contributed by atoms with Gasteiger partial charge in [0.25, 0.3) is 0 Å². The van der Waals surface area contributed by atoms with E-state index in [2.05, 4.69) is 5.32 Å².